The first-order valence-corrected chi connectivity index (χ1v) is 7.41. The molecule has 0 bridgehead atoms. The second-order valence-corrected chi connectivity index (χ2v) is 5.43. The molecule has 1 heterocycles. The SMILES string of the molecule is CCOc1cc(Nc2ccc3sccc3c2)ccc1N. The van der Waals surface area contributed by atoms with E-state index in [1.165, 1.54) is 10.1 Å². The van der Waals surface area contributed by atoms with Crippen LogP contribution in [0.15, 0.2) is 47.8 Å². The van der Waals surface area contributed by atoms with Crippen molar-refractivity contribution in [1.82, 2.24) is 0 Å². The van der Waals surface area contributed by atoms with Gasteiger partial charge in [-0.2, -0.15) is 0 Å². The summed E-state index contributed by atoms with van der Waals surface area (Å²) < 4.78 is 6.80. The number of fused-ring (bicyclic) bond motifs is 1. The van der Waals surface area contributed by atoms with Crippen molar-refractivity contribution in [3.63, 3.8) is 0 Å². The number of nitrogens with two attached hydrogens (primary N) is 1. The monoisotopic (exact) mass is 284 g/mol. The molecule has 0 aliphatic heterocycles. The van der Waals surface area contributed by atoms with Crippen LogP contribution in [0.1, 0.15) is 6.92 Å². The molecule has 0 saturated heterocycles. The average Bonchev–Trinajstić information content (AvgIpc) is 2.90. The van der Waals surface area contributed by atoms with Crippen LogP contribution in [0.2, 0.25) is 0 Å². The number of anilines is 3. The minimum Gasteiger partial charge on any atom is -0.492 e. The number of hydrogen-bond donors (Lipinski definition) is 2. The zero-order valence-electron chi connectivity index (χ0n) is 11.2. The quantitative estimate of drug-likeness (QED) is 0.687. The predicted molar refractivity (Wildman–Crippen MR) is 87.1 cm³/mol. The van der Waals surface area contributed by atoms with Crippen LogP contribution in [0.3, 0.4) is 0 Å². The molecule has 0 saturated carbocycles. The second kappa shape index (κ2) is 5.43. The molecule has 1 aromatic heterocycles. The van der Waals surface area contributed by atoms with Crippen LogP contribution in [0, 0.1) is 0 Å². The van der Waals surface area contributed by atoms with E-state index < -0.39 is 0 Å². The fraction of sp³-hybridized carbons (Fsp3) is 0.125. The largest absolute Gasteiger partial charge is 0.492 e. The summed E-state index contributed by atoms with van der Waals surface area (Å²) in [4.78, 5) is 0. The summed E-state index contributed by atoms with van der Waals surface area (Å²) in [6.07, 6.45) is 0. The van der Waals surface area contributed by atoms with Crippen LogP contribution in [-0.4, -0.2) is 6.61 Å². The van der Waals surface area contributed by atoms with E-state index in [1.54, 1.807) is 11.3 Å². The van der Waals surface area contributed by atoms with Crippen LogP contribution in [0.25, 0.3) is 10.1 Å². The van der Waals surface area contributed by atoms with E-state index in [1.807, 2.05) is 25.1 Å². The van der Waals surface area contributed by atoms with Gasteiger partial charge in [-0.3, -0.25) is 0 Å². The first-order valence-electron chi connectivity index (χ1n) is 6.53. The summed E-state index contributed by atoms with van der Waals surface area (Å²) in [6.45, 7) is 2.55. The Morgan fingerprint density at radius 2 is 1.90 bits per heavy atom. The van der Waals surface area contributed by atoms with Crippen LogP contribution >= 0.6 is 11.3 Å². The summed E-state index contributed by atoms with van der Waals surface area (Å²) in [5.41, 5.74) is 8.56. The number of hydrogen-bond acceptors (Lipinski definition) is 4. The number of rotatable bonds is 4. The van der Waals surface area contributed by atoms with Crippen molar-refractivity contribution < 1.29 is 4.74 Å². The van der Waals surface area contributed by atoms with Crippen molar-refractivity contribution in [2.24, 2.45) is 0 Å². The van der Waals surface area contributed by atoms with E-state index >= 15 is 0 Å². The van der Waals surface area contributed by atoms with Crippen molar-refractivity contribution in [2.45, 2.75) is 6.92 Å². The third kappa shape index (κ3) is 2.56. The molecule has 0 spiro atoms. The van der Waals surface area contributed by atoms with E-state index in [9.17, 15) is 0 Å². The van der Waals surface area contributed by atoms with Gasteiger partial charge in [0.2, 0.25) is 0 Å². The second-order valence-electron chi connectivity index (χ2n) is 4.48. The summed E-state index contributed by atoms with van der Waals surface area (Å²) in [6, 6.07) is 14.2. The Balaban J connectivity index is 1.87. The van der Waals surface area contributed by atoms with Crippen LogP contribution in [0.5, 0.6) is 5.75 Å². The lowest BCUT2D eigenvalue weighted by atomic mass is 10.2. The summed E-state index contributed by atoms with van der Waals surface area (Å²) in [7, 11) is 0. The fourth-order valence-electron chi connectivity index (χ4n) is 2.10. The van der Waals surface area contributed by atoms with Gasteiger partial charge in [0.15, 0.2) is 0 Å². The van der Waals surface area contributed by atoms with E-state index in [2.05, 4.69) is 35.0 Å². The Bertz CT molecular complexity index is 736. The molecule has 20 heavy (non-hydrogen) atoms. The topological polar surface area (TPSA) is 47.3 Å². The minimum atomic E-state index is 0.606. The van der Waals surface area contributed by atoms with Crippen LogP contribution in [-0.2, 0) is 0 Å². The summed E-state index contributed by atoms with van der Waals surface area (Å²) in [5.74, 6) is 0.717. The van der Waals surface area contributed by atoms with E-state index in [-0.39, 0.29) is 0 Å². The Labute approximate surface area is 122 Å². The molecule has 3 nitrogen and oxygen atoms in total. The molecule has 4 heteroatoms. The molecule has 0 fully saturated rings. The zero-order valence-corrected chi connectivity index (χ0v) is 12.0. The maximum Gasteiger partial charge on any atom is 0.144 e. The van der Waals surface area contributed by atoms with Gasteiger partial charge in [-0.15, -0.1) is 11.3 Å². The summed E-state index contributed by atoms with van der Waals surface area (Å²) >= 11 is 1.75. The number of benzene rings is 2. The van der Waals surface area contributed by atoms with Gasteiger partial charge in [-0.25, -0.2) is 0 Å². The normalized spacial score (nSPS) is 10.7. The van der Waals surface area contributed by atoms with Crippen LogP contribution in [0.4, 0.5) is 17.1 Å². The highest BCUT2D eigenvalue weighted by atomic mass is 32.1. The highest BCUT2D eigenvalue weighted by Crippen LogP contribution is 2.29. The lowest BCUT2D eigenvalue weighted by molar-refractivity contribution is 0.342. The van der Waals surface area contributed by atoms with Gasteiger partial charge in [0, 0.05) is 22.1 Å². The van der Waals surface area contributed by atoms with Crippen molar-refractivity contribution in [3.05, 3.63) is 47.8 Å². The van der Waals surface area contributed by atoms with Gasteiger partial charge >= 0.3 is 0 Å². The molecule has 3 aromatic rings. The molecule has 0 amide bonds. The molecule has 0 aliphatic rings. The Morgan fingerprint density at radius 3 is 2.75 bits per heavy atom. The van der Waals surface area contributed by atoms with Gasteiger partial charge in [-0.05, 0) is 54.1 Å². The molecule has 0 radical (unpaired) electrons. The number of thiophene rings is 1. The molecular weight excluding hydrogens is 268 g/mol. The van der Waals surface area contributed by atoms with Gasteiger partial charge in [0.25, 0.3) is 0 Å². The maximum absolute atomic E-state index is 5.88. The van der Waals surface area contributed by atoms with Gasteiger partial charge in [0.05, 0.1) is 12.3 Å². The number of ether oxygens (including phenoxy) is 1. The molecule has 3 N–H and O–H groups in total. The average molecular weight is 284 g/mol. The van der Waals surface area contributed by atoms with E-state index in [0.717, 1.165) is 11.4 Å². The Hall–Kier alpha value is -2.20. The highest BCUT2D eigenvalue weighted by molar-refractivity contribution is 7.17. The van der Waals surface area contributed by atoms with Gasteiger partial charge in [-0.1, -0.05) is 0 Å². The Morgan fingerprint density at radius 1 is 1.10 bits per heavy atom. The highest BCUT2D eigenvalue weighted by Gasteiger charge is 2.03. The lowest BCUT2D eigenvalue weighted by Gasteiger charge is -2.11. The van der Waals surface area contributed by atoms with Crippen LogP contribution < -0.4 is 15.8 Å². The first-order chi connectivity index (χ1) is 9.76. The predicted octanol–water partition coefficient (Wildman–Crippen LogP) is 4.63. The fourth-order valence-corrected chi connectivity index (χ4v) is 2.87. The maximum atomic E-state index is 5.88. The Kier molecular flexibility index (Phi) is 3.48. The number of nitrogens with one attached hydrogen (secondary N) is 1. The molecule has 0 unspecified atom stereocenters. The van der Waals surface area contributed by atoms with Crippen molar-refractivity contribution >= 4 is 38.5 Å². The third-order valence-corrected chi connectivity index (χ3v) is 3.95. The van der Waals surface area contributed by atoms with E-state index in [0.29, 0.717) is 18.0 Å². The lowest BCUT2D eigenvalue weighted by Crippen LogP contribution is -1.98. The summed E-state index contributed by atoms with van der Waals surface area (Å²) in [5, 5.41) is 6.73. The van der Waals surface area contributed by atoms with Gasteiger partial charge < -0.3 is 15.8 Å². The van der Waals surface area contributed by atoms with E-state index in [4.69, 9.17) is 10.5 Å². The zero-order chi connectivity index (χ0) is 13.9. The third-order valence-electron chi connectivity index (χ3n) is 3.05. The molecule has 102 valence electrons. The molecule has 2 aromatic carbocycles. The standard InChI is InChI=1S/C16H16N2OS/c1-2-19-15-10-13(3-5-14(15)17)18-12-4-6-16-11(9-12)7-8-20-16/h3-10,18H,2,17H2,1H3. The van der Waals surface area contributed by atoms with Crippen molar-refractivity contribution in [3.8, 4) is 5.75 Å². The van der Waals surface area contributed by atoms with Crippen molar-refractivity contribution in [2.75, 3.05) is 17.7 Å². The smallest absolute Gasteiger partial charge is 0.144 e. The first kappa shape index (κ1) is 12.8. The molecule has 0 atom stereocenters. The van der Waals surface area contributed by atoms with Crippen molar-refractivity contribution in [1.29, 1.82) is 0 Å². The molecule has 3 rings (SSSR count). The minimum absolute atomic E-state index is 0.606. The number of nitrogen functional groups attached to an aromatic ring is 1. The molecular formula is C16H16N2OS. The van der Waals surface area contributed by atoms with Gasteiger partial charge in [0.1, 0.15) is 5.75 Å². The molecule has 0 aliphatic carbocycles.